The first-order valence-electron chi connectivity index (χ1n) is 6.21. The number of nitrogens with zero attached hydrogens (tertiary/aromatic N) is 1. The molecule has 0 fully saturated rings. The van der Waals surface area contributed by atoms with Gasteiger partial charge < -0.3 is 5.73 Å². The van der Waals surface area contributed by atoms with Crippen LogP contribution in [0.25, 0.3) is 0 Å². The molecule has 2 rings (SSSR count). The summed E-state index contributed by atoms with van der Waals surface area (Å²) in [5.41, 5.74) is 9.19. The second kappa shape index (κ2) is 6.45. The van der Waals surface area contributed by atoms with Crippen LogP contribution in [0.4, 0.5) is 0 Å². The van der Waals surface area contributed by atoms with Gasteiger partial charge >= 0.3 is 0 Å². The third-order valence-corrected chi connectivity index (χ3v) is 4.94. The lowest BCUT2D eigenvalue weighted by Crippen LogP contribution is -2.26. The van der Waals surface area contributed by atoms with Crippen LogP contribution in [-0.4, -0.2) is 19.9 Å². The quantitative estimate of drug-likeness (QED) is 0.850. The molecule has 3 N–H and O–H groups in total. The topological polar surface area (TPSA) is 85.1 Å². The number of hydrogen-bond donors (Lipinski definition) is 2. The number of hydrogen-bond acceptors (Lipinski definition) is 5. The van der Waals surface area contributed by atoms with Crippen LogP contribution < -0.4 is 10.5 Å². The van der Waals surface area contributed by atoms with Crippen molar-refractivity contribution in [3.63, 3.8) is 0 Å². The van der Waals surface area contributed by atoms with Gasteiger partial charge in [0.2, 0.25) is 10.0 Å². The van der Waals surface area contributed by atoms with Crippen LogP contribution in [0.5, 0.6) is 0 Å². The molecule has 0 radical (unpaired) electrons. The molecule has 0 amide bonds. The van der Waals surface area contributed by atoms with Gasteiger partial charge in [0.15, 0.2) is 0 Å². The Hall–Kier alpha value is -1.28. The molecule has 1 heterocycles. The summed E-state index contributed by atoms with van der Waals surface area (Å²) in [5, 5.41) is 1.91. The Kier molecular flexibility index (Phi) is 4.87. The molecular formula is C13H17N3O2S2. The fraction of sp³-hybridized carbons (Fsp3) is 0.308. The van der Waals surface area contributed by atoms with Crippen molar-refractivity contribution in [3.8, 4) is 0 Å². The van der Waals surface area contributed by atoms with Crippen LogP contribution in [0.2, 0.25) is 0 Å². The van der Waals surface area contributed by atoms with E-state index in [9.17, 15) is 8.42 Å². The Morgan fingerprint density at radius 2 is 2.25 bits per heavy atom. The number of thiazole rings is 1. The van der Waals surface area contributed by atoms with Crippen molar-refractivity contribution in [2.24, 2.45) is 5.73 Å². The minimum absolute atomic E-state index is 0.194. The number of aromatic nitrogens is 1. The second-order valence-corrected chi connectivity index (χ2v) is 6.97. The van der Waals surface area contributed by atoms with Crippen molar-refractivity contribution >= 4 is 21.4 Å². The third kappa shape index (κ3) is 3.86. The van der Waals surface area contributed by atoms with Gasteiger partial charge in [-0.2, -0.15) is 0 Å². The predicted octanol–water partition coefficient (Wildman–Crippen LogP) is 1.68. The molecule has 2 aromatic rings. The first-order chi connectivity index (χ1) is 9.49. The van der Waals surface area contributed by atoms with Gasteiger partial charge in [0, 0.05) is 24.4 Å². The highest BCUT2D eigenvalue weighted by Gasteiger charge is 2.14. The van der Waals surface area contributed by atoms with Crippen molar-refractivity contribution in [1.29, 1.82) is 0 Å². The van der Waals surface area contributed by atoms with E-state index in [2.05, 4.69) is 9.71 Å². The van der Waals surface area contributed by atoms with E-state index in [-0.39, 0.29) is 10.9 Å². The van der Waals surface area contributed by atoms with E-state index in [1.54, 1.807) is 23.7 Å². The largest absolute Gasteiger partial charge is 0.324 e. The second-order valence-electron chi connectivity index (χ2n) is 4.49. The van der Waals surface area contributed by atoms with E-state index in [0.29, 0.717) is 13.0 Å². The van der Waals surface area contributed by atoms with E-state index in [4.69, 9.17) is 5.73 Å². The molecule has 1 atom stereocenters. The summed E-state index contributed by atoms with van der Waals surface area (Å²) in [4.78, 5) is 4.35. The highest BCUT2D eigenvalue weighted by molar-refractivity contribution is 7.89. The minimum atomic E-state index is -3.50. The van der Waals surface area contributed by atoms with Crippen LogP contribution in [0.15, 0.2) is 40.1 Å². The predicted molar refractivity (Wildman–Crippen MR) is 80.1 cm³/mol. The lowest BCUT2D eigenvalue weighted by atomic mass is 10.1. The van der Waals surface area contributed by atoms with Crippen molar-refractivity contribution in [3.05, 3.63) is 46.4 Å². The zero-order valence-corrected chi connectivity index (χ0v) is 12.7. The highest BCUT2D eigenvalue weighted by atomic mass is 32.2. The minimum Gasteiger partial charge on any atom is -0.324 e. The summed E-state index contributed by atoms with van der Waals surface area (Å²) < 4.78 is 26.9. The summed E-state index contributed by atoms with van der Waals surface area (Å²) in [6, 6.07) is 6.50. The molecule has 0 aliphatic carbocycles. The molecule has 0 aliphatic heterocycles. The number of nitrogens with one attached hydrogen (secondary N) is 1. The number of benzene rings is 1. The molecule has 20 heavy (non-hydrogen) atoms. The Labute approximate surface area is 122 Å². The van der Waals surface area contributed by atoms with Crippen LogP contribution in [0.1, 0.15) is 24.2 Å². The maximum Gasteiger partial charge on any atom is 0.240 e. The standard InChI is InChI=1S/C13H17N3O2S2/c1-10(14)11-3-2-4-13(7-11)20(17,18)16-6-5-12-8-19-9-15-12/h2-4,7-10,16H,5-6,14H2,1H3. The summed E-state index contributed by atoms with van der Waals surface area (Å²) in [6.45, 7) is 2.15. The zero-order valence-electron chi connectivity index (χ0n) is 11.1. The molecular weight excluding hydrogens is 294 g/mol. The molecule has 1 unspecified atom stereocenters. The maximum atomic E-state index is 12.2. The van der Waals surface area contributed by atoms with E-state index in [0.717, 1.165) is 11.3 Å². The zero-order chi connectivity index (χ0) is 14.6. The van der Waals surface area contributed by atoms with Gasteiger partial charge in [-0.25, -0.2) is 18.1 Å². The summed E-state index contributed by atoms with van der Waals surface area (Å²) in [7, 11) is -3.50. The van der Waals surface area contributed by atoms with E-state index >= 15 is 0 Å². The Morgan fingerprint density at radius 1 is 1.45 bits per heavy atom. The molecule has 1 aromatic heterocycles. The molecule has 5 nitrogen and oxygen atoms in total. The Balaban J connectivity index is 2.04. The summed E-state index contributed by atoms with van der Waals surface area (Å²) in [6.07, 6.45) is 0.579. The Morgan fingerprint density at radius 3 is 2.90 bits per heavy atom. The molecule has 0 saturated carbocycles. The summed E-state index contributed by atoms with van der Waals surface area (Å²) >= 11 is 1.50. The van der Waals surface area contributed by atoms with Gasteiger partial charge in [-0.05, 0) is 24.6 Å². The summed E-state index contributed by atoms with van der Waals surface area (Å²) in [5.74, 6) is 0. The fourth-order valence-electron chi connectivity index (χ4n) is 1.72. The van der Waals surface area contributed by atoms with Crippen molar-refractivity contribution in [2.45, 2.75) is 24.3 Å². The average molecular weight is 311 g/mol. The number of rotatable bonds is 6. The van der Waals surface area contributed by atoms with Crippen LogP contribution >= 0.6 is 11.3 Å². The van der Waals surface area contributed by atoms with Gasteiger partial charge in [0.1, 0.15) is 0 Å². The van der Waals surface area contributed by atoms with Crippen molar-refractivity contribution in [2.75, 3.05) is 6.54 Å². The van der Waals surface area contributed by atoms with Gasteiger partial charge in [-0.3, -0.25) is 0 Å². The van der Waals surface area contributed by atoms with Crippen LogP contribution in [-0.2, 0) is 16.4 Å². The fourth-order valence-corrected chi connectivity index (χ4v) is 3.40. The average Bonchev–Trinajstić information content (AvgIpc) is 2.92. The number of nitrogens with two attached hydrogens (primary N) is 1. The molecule has 1 aromatic carbocycles. The van der Waals surface area contributed by atoms with Crippen molar-refractivity contribution in [1.82, 2.24) is 9.71 Å². The van der Waals surface area contributed by atoms with E-state index in [1.807, 2.05) is 18.4 Å². The number of sulfonamides is 1. The first-order valence-corrected chi connectivity index (χ1v) is 8.64. The SMILES string of the molecule is CC(N)c1cccc(S(=O)(=O)NCCc2cscn2)c1. The van der Waals surface area contributed by atoms with E-state index < -0.39 is 10.0 Å². The highest BCUT2D eigenvalue weighted by Crippen LogP contribution is 2.15. The van der Waals surface area contributed by atoms with Crippen LogP contribution in [0, 0.1) is 0 Å². The molecule has 0 spiro atoms. The Bertz CT molecular complexity index is 652. The molecule has 7 heteroatoms. The van der Waals surface area contributed by atoms with Crippen molar-refractivity contribution < 1.29 is 8.42 Å². The van der Waals surface area contributed by atoms with Gasteiger partial charge in [0.25, 0.3) is 0 Å². The van der Waals surface area contributed by atoms with E-state index in [1.165, 1.54) is 11.3 Å². The third-order valence-electron chi connectivity index (χ3n) is 2.85. The van der Waals surface area contributed by atoms with Gasteiger partial charge in [-0.1, -0.05) is 12.1 Å². The van der Waals surface area contributed by atoms with Gasteiger partial charge in [-0.15, -0.1) is 11.3 Å². The molecule has 0 aliphatic rings. The normalized spacial score (nSPS) is 13.3. The molecule has 108 valence electrons. The maximum absolute atomic E-state index is 12.2. The smallest absolute Gasteiger partial charge is 0.240 e. The molecule has 0 saturated heterocycles. The first kappa shape index (κ1) is 15.1. The molecule has 0 bridgehead atoms. The van der Waals surface area contributed by atoms with Crippen LogP contribution in [0.3, 0.4) is 0 Å². The lowest BCUT2D eigenvalue weighted by Gasteiger charge is -2.09. The monoisotopic (exact) mass is 311 g/mol. The van der Waals surface area contributed by atoms with Gasteiger partial charge in [0.05, 0.1) is 16.1 Å². The lowest BCUT2D eigenvalue weighted by molar-refractivity contribution is 0.581.